The Morgan fingerprint density at radius 3 is 2.93 bits per heavy atom. The van der Waals surface area contributed by atoms with Crippen LogP contribution in [0.2, 0.25) is 0 Å². The first-order valence-electron chi connectivity index (χ1n) is 6.19. The van der Waals surface area contributed by atoms with Crippen LogP contribution in [0.5, 0.6) is 0 Å². The molecule has 15 heavy (non-hydrogen) atoms. The summed E-state index contributed by atoms with van der Waals surface area (Å²) in [5, 5.41) is 3.36. The minimum Gasteiger partial charge on any atom is -0.377 e. The molecule has 0 spiro atoms. The van der Waals surface area contributed by atoms with Crippen molar-refractivity contribution in [2.24, 2.45) is 5.92 Å². The first kappa shape index (κ1) is 12.9. The van der Waals surface area contributed by atoms with Crippen LogP contribution in [0.3, 0.4) is 0 Å². The van der Waals surface area contributed by atoms with E-state index in [4.69, 9.17) is 9.47 Å². The number of hydrogen-bond acceptors (Lipinski definition) is 3. The largest absolute Gasteiger partial charge is 0.377 e. The van der Waals surface area contributed by atoms with Crippen molar-refractivity contribution in [3.8, 4) is 0 Å². The molecule has 1 fully saturated rings. The summed E-state index contributed by atoms with van der Waals surface area (Å²) in [5.74, 6) is 0.715. The average molecular weight is 215 g/mol. The monoisotopic (exact) mass is 215 g/mol. The van der Waals surface area contributed by atoms with Gasteiger partial charge in [0, 0.05) is 13.2 Å². The zero-order valence-corrected chi connectivity index (χ0v) is 10.1. The second-order valence-electron chi connectivity index (χ2n) is 4.66. The van der Waals surface area contributed by atoms with Gasteiger partial charge in [-0.2, -0.15) is 0 Å². The third kappa shape index (κ3) is 6.88. The first-order chi connectivity index (χ1) is 7.29. The Bertz CT molecular complexity index is 145. The molecule has 90 valence electrons. The van der Waals surface area contributed by atoms with Gasteiger partial charge in [-0.3, -0.25) is 0 Å². The van der Waals surface area contributed by atoms with Gasteiger partial charge < -0.3 is 14.8 Å². The first-order valence-corrected chi connectivity index (χ1v) is 6.19. The highest BCUT2D eigenvalue weighted by Gasteiger charge is 2.13. The van der Waals surface area contributed by atoms with E-state index in [2.05, 4.69) is 19.2 Å². The van der Waals surface area contributed by atoms with Gasteiger partial charge in [0.25, 0.3) is 0 Å². The van der Waals surface area contributed by atoms with Crippen molar-refractivity contribution in [1.29, 1.82) is 0 Å². The van der Waals surface area contributed by atoms with Crippen molar-refractivity contribution in [1.82, 2.24) is 5.32 Å². The van der Waals surface area contributed by atoms with Crippen molar-refractivity contribution in [2.75, 3.05) is 32.9 Å². The molecule has 0 aromatic carbocycles. The van der Waals surface area contributed by atoms with Gasteiger partial charge in [-0.1, -0.05) is 13.8 Å². The molecule has 3 heteroatoms. The van der Waals surface area contributed by atoms with E-state index in [0.717, 1.165) is 32.9 Å². The maximum Gasteiger partial charge on any atom is 0.0808 e. The fourth-order valence-corrected chi connectivity index (χ4v) is 1.69. The van der Waals surface area contributed by atoms with E-state index in [1.54, 1.807) is 0 Å². The van der Waals surface area contributed by atoms with Gasteiger partial charge in [-0.05, 0) is 31.7 Å². The third-order valence-electron chi connectivity index (χ3n) is 2.55. The molecule has 1 aliphatic heterocycles. The summed E-state index contributed by atoms with van der Waals surface area (Å²) in [6.45, 7) is 8.93. The molecular weight excluding hydrogens is 190 g/mol. The summed E-state index contributed by atoms with van der Waals surface area (Å²) in [6, 6.07) is 0. The lowest BCUT2D eigenvalue weighted by molar-refractivity contribution is -0.0399. The van der Waals surface area contributed by atoms with E-state index in [0.29, 0.717) is 12.0 Å². The van der Waals surface area contributed by atoms with E-state index in [1.807, 2.05) is 0 Å². The Morgan fingerprint density at radius 1 is 1.40 bits per heavy atom. The molecule has 1 N–H and O–H groups in total. The minimum atomic E-state index is 0.351. The van der Waals surface area contributed by atoms with Gasteiger partial charge in [0.15, 0.2) is 0 Å². The van der Waals surface area contributed by atoms with Gasteiger partial charge >= 0.3 is 0 Å². The van der Waals surface area contributed by atoms with Crippen molar-refractivity contribution in [2.45, 2.75) is 39.2 Å². The molecule has 1 saturated heterocycles. The van der Waals surface area contributed by atoms with Crippen LogP contribution in [0.1, 0.15) is 33.1 Å². The fraction of sp³-hybridized carbons (Fsp3) is 1.00. The molecule has 1 rings (SSSR count). The van der Waals surface area contributed by atoms with Crippen LogP contribution in [-0.2, 0) is 9.47 Å². The van der Waals surface area contributed by atoms with Crippen molar-refractivity contribution in [3.63, 3.8) is 0 Å². The maximum absolute atomic E-state index is 5.58. The zero-order valence-electron chi connectivity index (χ0n) is 10.1. The van der Waals surface area contributed by atoms with Crippen LogP contribution in [0, 0.1) is 5.92 Å². The van der Waals surface area contributed by atoms with Gasteiger partial charge in [-0.25, -0.2) is 0 Å². The van der Waals surface area contributed by atoms with E-state index >= 15 is 0 Å². The Balaban J connectivity index is 1.83. The number of ether oxygens (including phenoxy) is 2. The van der Waals surface area contributed by atoms with E-state index in [9.17, 15) is 0 Å². The summed E-state index contributed by atoms with van der Waals surface area (Å²) in [5.41, 5.74) is 0. The lowest BCUT2D eigenvalue weighted by Gasteiger charge is -2.22. The van der Waals surface area contributed by atoms with Crippen molar-refractivity contribution < 1.29 is 9.47 Å². The van der Waals surface area contributed by atoms with Crippen LogP contribution in [-0.4, -0.2) is 39.0 Å². The summed E-state index contributed by atoms with van der Waals surface area (Å²) < 4.78 is 11.1. The molecule has 3 nitrogen and oxygen atoms in total. The highest BCUT2D eigenvalue weighted by Crippen LogP contribution is 2.12. The van der Waals surface area contributed by atoms with E-state index in [-0.39, 0.29) is 0 Å². The molecule has 0 bridgehead atoms. The number of rotatable bonds is 7. The van der Waals surface area contributed by atoms with E-state index < -0.39 is 0 Å². The lowest BCUT2D eigenvalue weighted by atomic mass is 10.1. The number of nitrogens with one attached hydrogen (secondary N) is 1. The highest BCUT2D eigenvalue weighted by atomic mass is 16.5. The van der Waals surface area contributed by atoms with Crippen LogP contribution in [0.25, 0.3) is 0 Å². The minimum absolute atomic E-state index is 0.351. The zero-order chi connectivity index (χ0) is 10.9. The molecule has 1 unspecified atom stereocenters. The van der Waals surface area contributed by atoms with Crippen molar-refractivity contribution in [3.05, 3.63) is 0 Å². The van der Waals surface area contributed by atoms with Gasteiger partial charge in [0.05, 0.1) is 19.3 Å². The maximum atomic E-state index is 5.58. The average Bonchev–Trinajstić information content (AvgIpc) is 2.24. The Kier molecular flexibility index (Phi) is 6.98. The van der Waals surface area contributed by atoms with Crippen LogP contribution >= 0.6 is 0 Å². The summed E-state index contributed by atoms with van der Waals surface area (Å²) in [4.78, 5) is 0. The van der Waals surface area contributed by atoms with Gasteiger partial charge in [0.1, 0.15) is 0 Å². The van der Waals surface area contributed by atoms with Crippen molar-refractivity contribution >= 4 is 0 Å². The molecule has 1 aliphatic rings. The van der Waals surface area contributed by atoms with Crippen LogP contribution in [0.15, 0.2) is 0 Å². The second kappa shape index (κ2) is 8.08. The van der Waals surface area contributed by atoms with Crippen LogP contribution < -0.4 is 5.32 Å². The molecular formula is C12H25NO2. The molecule has 0 amide bonds. The molecule has 0 radical (unpaired) electrons. The predicted octanol–water partition coefficient (Wildman–Crippen LogP) is 1.82. The Hall–Kier alpha value is -0.120. The normalized spacial score (nSPS) is 22.2. The second-order valence-corrected chi connectivity index (χ2v) is 4.66. The lowest BCUT2D eigenvalue weighted by Crippen LogP contribution is -2.28. The third-order valence-corrected chi connectivity index (χ3v) is 2.55. The molecule has 0 saturated carbocycles. The topological polar surface area (TPSA) is 30.5 Å². The standard InChI is InChI=1S/C12H25NO2/c1-11(2)9-13-6-8-14-10-12-5-3-4-7-15-12/h11-13H,3-10H2,1-2H3. The predicted molar refractivity (Wildman–Crippen MR) is 62.1 cm³/mol. The summed E-state index contributed by atoms with van der Waals surface area (Å²) in [6.07, 6.45) is 4.02. The summed E-state index contributed by atoms with van der Waals surface area (Å²) >= 11 is 0. The molecule has 0 aromatic rings. The SMILES string of the molecule is CC(C)CNCCOCC1CCCCO1. The number of hydrogen-bond donors (Lipinski definition) is 1. The molecule has 0 aromatic heterocycles. The Labute approximate surface area is 93.5 Å². The molecule has 1 heterocycles. The Morgan fingerprint density at radius 2 is 2.27 bits per heavy atom. The fourth-order valence-electron chi connectivity index (χ4n) is 1.69. The highest BCUT2D eigenvalue weighted by molar-refractivity contribution is 4.62. The van der Waals surface area contributed by atoms with Gasteiger partial charge in [-0.15, -0.1) is 0 Å². The van der Waals surface area contributed by atoms with Crippen LogP contribution in [0.4, 0.5) is 0 Å². The quantitative estimate of drug-likeness (QED) is 0.657. The summed E-state index contributed by atoms with van der Waals surface area (Å²) in [7, 11) is 0. The smallest absolute Gasteiger partial charge is 0.0808 e. The molecule has 1 atom stereocenters. The van der Waals surface area contributed by atoms with Gasteiger partial charge in [0.2, 0.25) is 0 Å². The van der Waals surface area contributed by atoms with E-state index in [1.165, 1.54) is 19.3 Å². The molecule has 0 aliphatic carbocycles.